The largest absolute Gasteiger partial charge is 0.481 e. The summed E-state index contributed by atoms with van der Waals surface area (Å²) in [6.45, 7) is 0. The number of allylic oxidation sites excluding steroid dienone is 1. The zero-order valence-electron chi connectivity index (χ0n) is 5.18. The van der Waals surface area contributed by atoms with Crippen LogP contribution in [-0.4, -0.2) is 14.6 Å². The second-order valence-corrected chi connectivity index (χ2v) is 2.83. The number of hydrogen-bond acceptors (Lipinski definition) is 2. The lowest BCUT2D eigenvalue weighted by atomic mass is 10.2. The third kappa shape index (κ3) is 8.07. The van der Waals surface area contributed by atoms with Crippen LogP contribution >= 0.6 is 22.6 Å². The van der Waals surface area contributed by atoms with Gasteiger partial charge in [0.05, 0.1) is 0 Å². The van der Waals surface area contributed by atoms with E-state index in [1.807, 2.05) is 0 Å². The van der Waals surface area contributed by atoms with Crippen molar-refractivity contribution in [3.05, 3.63) is 12.0 Å². The fraction of sp³-hybridized carbons (Fsp3) is 0.667. The van der Waals surface area contributed by atoms with Gasteiger partial charge in [-0.15, -0.1) is 0 Å². The minimum absolute atomic E-state index is 0.552. The molecular formula is C6H11IO2. The third-order valence-electron chi connectivity index (χ3n) is 0.915. The van der Waals surface area contributed by atoms with Crippen molar-refractivity contribution >= 4 is 22.6 Å². The molecule has 0 aliphatic rings. The highest BCUT2D eigenvalue weighted by Crippen LogP contribution is 2.00. The van der Waals surface area contributed by atoms with Crippen molar-refractivity contribution in [2.75, 3.05) is 4.43 Å². The Kier molecular flexibility index (Phi) is 6.24. The molecule has 0 heterocycles. The van der Waals surface area contributed by atoms with Crippen LogP contribution in [0, 0.1) is 0 Å². The summed E-state index contributed by atoms with van der Waals surface area (Å²) in [4.78, 5) is 0. The van der Waals surface area contributed by atoms with Gasteiger partial charge in [0.2, 0.25) is 0 Å². The van der Waals surface area contributed by atoms with E-state index in [1.54, 1.807) is 0 Å². The summed E-state index contributed by atoms with van der Waals surface area (Å²) in [6, 6.07) is 0. The van der Waals surface area contributed by atoms with E-state index in [9.17, 15) is 0 Å². The van der Waals surface area contributed by atoms with Crippen LogP contribution in [0.2, 0.25) is 0 Å². The molecule has 0 saturated carbocycles. The number of rotatable bonds is 4. The molecule has 0 radical (unpaired) electrons. The molecule has 0 aromatic heterocycles. The monoisotopic (exact) mass is 242 g/mol. The Morgan fingerprint density at radius 3 is 2.44 bits per heavy atom. The van der Waals surface area contributed by atoms with Gasteiger partial charge in [0.15, 0.2) is 0 Å². The maximum atomic E-state index is 8.27. The van der Waals surface area contributed by atoms with Gasteiger partial charge in [0, 0.05) is 0 Å². The number of aliphatic hydroxyl groups excluding tert-OH is 1. The van der Waals surface area contributed by atoms with Crippen molar-refractivity contribution < 1.29 is 10.2 Å². The molecule has 0 saturated heterocycles. The molecule has 54 valence electrons. The summed E-state index contributed by atoms with van der Waals surface area (Å²) in [6.07, 6.45) is 4.37. The third-order valence-corrected chi connectivity index (χ3v) is 1.68. The zero-order chi connectivity index (χ0) is 7.11. The zero-order valence-corrected chi connectivity index (χ0v) is 7.34. The van der Waals surface area contributed by atoms with Crippen LogP contribution < -0.4 is 0 Å². The van der Waals surface area contributed by atoms with Gasteiger partial charge >= 0.3 is 0 Å². The quantitative estimate of drug-likeness (QED) is 0.344. The molecular weight excluding hydrogens is 231 g/mol. The molecule has 9 heavy (non-hydrogen) atoms. The van der Waals surface area contributed by atoms with Gasteiger partial charge in [-0.1, -0.05) is 22.6 Å². The van der Waals surface area contributed by atoms with Gasteiger partial charge < -0.3 is 10.2 Å². The number of halogens is 1. The SMILES string of the molecule is OC(O)=CCCCCI. The molecule has 0 spiro atoms. The lowest BCUT2D eigenvalue weighted by molar-refractivity contribution is 0.189. The average molecular weight is 242 g/mol. The van der Waals surface area contributed by atoms with Gasteiger partial charge in [-0.3, -0.25) is 0 Å². The Morgan fingerprint density at radius 1 is 1.33 bits per heavy atom. The second kappa shape index (κ2) is 6.19. The van der Waals surface area contributed by atoms with Gasteiger partial charge in [0.1, 0.15) is 0 Å². The van der Waals surface area contributed by atoms with Crippen molar-refractivity contribution in [2.45, 2.75) is 19.3 Å². The summed E-state index contributed by atoms with van der Waals surface area (Å²) in [5, 5.41) is 16.5. The summed E-state index contributed by atoms with van der Waals surface area (Å²) in [7, 11) is 0. The first-order valence-electron chi connectivity index (χ1n) is 2.91. The number of unbranched alkanes of at least 4 members (excludes halogenated alkanes) is 2. The van der Waals surface area contributed by atoms with Crippen LogP contribution in [0.15, 0.2) is 12.0 Å². The Labute approximate surface area is 68.7 Å². The van der Waals surface area contributed by atoms with E-state index >= 15 is 0 Å². The molecule has 0 aliphatic carbocycles. The minimum atomic E-state index is -0.552. The van der Waals surface area contributed by atoms with Gasteiger partial charge in [-0.05, 0) is 29.8 Å². The molecule has 0 amide bonds. The van der Waals surface area contributed by atoms with Gasteiger partial charge in [0.25, 0.3) is 5.95 Å². The van der Waals surface area contributed by atoms with E-state index in [0.717, 1.165) is 23.7 Å². The van der Waals surface area contributed by atoms with Crippen LogP contribution in [0.4, 0.5) is 0 Å². The highest BCUT2D eigenvalue weighted by atomic mass is 127. The lowest BCUT2D eigenvalue weighted by Gasteiger charge is -1.90. The van der Waals surface area contributed by atoms with E-state index in [2.05, 4.69) is 22.6 Å². The Bertz CT molecular complexity index is 87.1. The molecule has 0 atom stereocenters. The summed E-state index contributed by atoms with van der Waals surface area (Å²) < 4.78 is 1.14. The van der Waals surface area contributed by atoms with Gasteiger partial charge in [-0.2, -0.15) is 0 Å². The molecule has 0 aromatic carbocycles. The number of hydrogen-bond donors (Lipinski definition) is 2. The van der Waals surface area contributed by atoms with Crippen LogP contribution in [-0.2, 0) is 0 Å². The minimum Gasteiger partial charge on any atom is -0.481 e. The second-order valence-electron chi connectivity index (χ2n) is 1.75. The van der Waals surface area contributed by atoms with Crippen molar-refractivity contribution in [2.24, 2.45) is 0 Å². The topological polar surface area (TPSA) is 40.5 Å². The maximum absolute atomic E-state index is 8.27. The van der Waals surface area contributed by atoms with Crippen LogP contribution in [0.25, 0.3) is 0 Å². The first-order valence-corrected chi connectivity index (χ1v) is 4.44. The smallest absolute Gasteiger partial charge is 0.269 e. The molecule has 0 aliphatic heterocycles. The summed E-state index contributed by atoms with van der Waals surface area (Å²) >= 11 is 2.30. The first-order chi connectivity index (χ1) is 4.27. The molecule has 3 heteroatoms. The van der Waals surface area contributed by atoms with E-state index < -0.39 is 5.95 Å². The van der Waals surface area contributed by atoms with E-state index in [1.165, 1.54) is 6.08 Å². The highest BCUT2D eigenvalue weighted by molar-refractivity contribution is 14.1. The molecule has 0 fully saturated rings. The molecule has 0 unspecified atom stereocenters. The predicted octanol–water partition coefficient (Wildman–Crippen LogP) is 2.55. The molecule has 2 nitrogen and oxygen atoms in total. The van der Waals surface area contributed by atoms with E-state index in [-0.39, 0.29) is 0 Å². The summed E-state index contributed by atoms with van der Waals surface area (Å²) in [5.74, 6) is -0.552. The fourth-order valence-electron chi connectivity index (χ4n) is 0.470. The molecule has 0 aromatic rings. The maximum Gasteiger partial charge on any atom is 0.269 e. The Morgan fingerprint density at radius 2 is 2.00 bits per heavy atom. The normalized spacial score (nSPS) is 9.00. The highest BCUT2D eigenvalue weighted by Gasteiger charge is 1.85. The van der Waals surface area contributed by atoms with E-state index in [0.29, 0.717) is 0 Å². The molecule has 0 rings (SSSR count). The Balaban J connectivity index is 3.00. The van der Waals surface area contributed by atoms with Crippen LogP contribution in [0.3, 0.4) is 0 Å². The van der Waals surface area contributed by atoms with Crippen molar-refractivity contribution in [1.82, 2.24) is 0 Å². The lowest BCUT2D eigenvalue weighted by Crippen LogP contribution is -1.78. The molecule has 2 N–H and O–H groups in total. The van der Waals surface area contributed by atoms with Crippen LogP contribution in [0.5, 0.6) is 0 Å². The average Bonchev–Trinajstić information content (AvgIpc) is 1.80. The summed E-state index contributed by atoms with van der Waals surface area (Å²) in [5.41, 5.74) is 0. The standard InChI is InChI=1S/C6H11IO2/c7-5-3-1-2-4-6(8)9/h4,8-9H,1-3,5H2. The number of aliphatic hydroxyl groups is 2. The fourth-order valence-corrected chi connectivity index (χ4v) is 1.01. The Hall–Kier alpha value is 0.0700. The van der Waals surface area contributed by atoms with Crippen molar-refractivity contribution in [1.29, 1.82) is 0 Å². The van der Waals surface area contributed by atoms with Crippen molar-refractivity contribution in [3.63, 3.8) is 0 Å². The van der Waals surface area contributed by atoms with Crippen molar-refractivity contribution in [3.8, 4) is 0 Å². The van der Waals surface area contributed by atoms with E-state index in [4.69, 9.17) is 10.2 Å². The van der Waals surface area contributed by atoms with Gasteiger partial charge in [-0.25, -0.2) is 0 Å². The first kappa shape index (κ1) is 9.07. The predicted molar refractivity (Wildman–Crippen MR) is 46.1 cm³/mol. The molecule has 0 bridgehead atoms. The van der Waals surface area contributed by atoms with Crippen LogP contribution in [0.1, 0.15) is 19.3 Å². The number of alkyl halides is 1.